The molecule has 0 amide bonds. The average molecular weight is 265 g/mol. The molecule has 0 aliphatic rings. The summed E-state index contributed by atoms with van der Waals surface area (Å²) in [6.07, 6.45) is 8.05. The van der Waals surface area contributed by atoms with E-state index in [4.69, 9.17) is 9.05 Å². The van der Waals surface area contributed by atoms with Crippen molar-refractivity contribution in [2.75, 3.05) is 13.2 Å². The van der Waals surface area contributed by atoms with Crippen LogP contribution in [0.25, 0.3) is 0 Å². The zero-order chi connectivity index (χ0) is 13.0. The zero-order valence-corrected chi connectivity index (χ0v) is 12.0. The molecule has 17 heavy (non-hydrogen) atoms. The van der Waals surface area contributed by atoms with Crippen molar-refractivity contribution in [2.24, 2.45) is 0 Å². The van der Waals surface area contributed by atoms with Crippen LogP contribution in [0.1, 0.15) is 65.2 Å². The lowest BCUT2D eigenvalue weighted by Gasteiger charge is -2.10. The summed E-state index contributed by atoms with van der Waals surface area (Å²) in [5.74, 6) is 0. The Balaban J connectivity index is 3.42. The Morgan fingerprint density at radius 3 is 1.53 bits per heavy atom. The van der Waals surface area contributed by atoms with Crippen LogP contribution in [0, 0.1) is 0 Å². The van der Waals surface area contributed by atoms with Crippen molar-refractivity contribution in [3.63, 3.8) is 0 Å². The van der Waals surface area contributed by atoms with E-state index in [2.05, 4.69) is 13.8 Å². The molecule has 0 atom stereocenters. The molecule has 0 bridgehead atoms. The van der Waals surface area contributed by atoms with Gasteiger partial charge in [0.25, 0.3) is 0 Å². The molecule has 0 aromatic carbocycles. The van der Waals surface area contributed by atoms with Gasteiger partial charge in [-0.15, -0.1) is 4.89 Å². The highest BCUT2D eigenvalue weighted by Gasteiger charge is 2.22. The van der Waals surface area contributed by atoms with Gasteiger partial charge in [-0.05, 0) is 12.8 Å². The fourth-order valence-electron chi connectivity index (χ4n) is 1.45. The first-order valence-corrected chi connectivity index (χ1v) is 8.18. The monoisotopic (exact) mass is 265 g/mol. The van der Waals surface area contributed by atoms with Crippen LogP contribution in [0.3, 0.4) is 0 Å². The minimum atomic E-state index is -4.04. The molecule has 0 N–H and O–H groups in total. The third-order valence-corrected chi connectivity index (χ3v) is 3.49. The van der Waals surface area contributed by atoms with Crippen LogP contribution < -0.4 is 0 Å². The Morgan fingerprint density at radius 2 is 1.18 bits per heavy atom. The second kappa shape index (κ2) is 11.2. The van der Waals surface area contributed by atoms with Crippen molar-refractivity contribution in [2.45, 2.75) is 65.2 Å². The molecule has 0 aliphatic heterocycles. The SMILES string of the molecule is CCCCCCOP([O])(=O)OCCCCCC. The summed E-state index contributed by atoms with van der Waals surface area (Å²) in [5.41, 5.74) is 0. The highest BCUT2D eigenvalue weighted by atomic mass is 31.2. The highest BCUT2D eigenvalue weighted by molar-refractivity contribution is 7.47. The van der Waals surface area contributed by atoms with Gasteiger partial charge in [0, 0.05) is 0 Å². The molecule has 0 unspecified atom stereocenters. The van der Waals surface area contributed by atoms with Crippen LogP contribution in [0.2, 0.25) is 0 Å². The standard InChI is InChI=1S/C12H26O4P/c1-3-5-7-9-11-15-17(13,14)16-12-10-8-6-4-2/h3-12H2,1-2H3. The van der Waals surface area contributed by atoms with Crippen LogP contribution in [0.5, 0.6) is 0 Å². The van der Waals surface area contributed by atoms with Crippen molar-refractivity contribution < 1.29 is 18.5 Å². The van der Waals surface area contributed by atoms with E-state index in [1.807, 2.05) is 0 Å². The van der Waals surface area contributed by atoms with Crippen molar-refractivity contribution in [3.8, 4) is 0 Å². The van der Waals surface area contributed by atoms with E-state index in [-0.39, 0.29) is 13.2 Å². The summed E-state index contributed by atoms with van der Waals surface area (Å²) in [4.78, 5) is 11.3. The topological polar surface area (TPSA) is 55.4 Å². The van der Waals surface area contributed by atoms with Crippen LogP contribution in [-0.2, 0) is 18.5 Å². The van der Waals surface area contributed by atoms with Gasteiger partial charge >= 0.3 is 7.82 Å². The summed E-state index contributed by atoms with van der Waals surface area (Å²) in [6, 6.07) is 0. The lowest BCUT2D eigenvalue weighted by atomic mass is 10.2. The second-order valence-corrected chi connectivity index (χ2v) is 5.65. The Morgan fingerprint density at radius 1 is 0.765 bits per heavy atom. The Labute approximate surface area is 105 Å². The molecule has 5 heteroatoms. The van der Waals surface area contributed by atoms with E-state index in [1.54, 1.807) is 0 Å². The minimum absolute atomic E-state index is 0.246. The quantitative estimate of drug-likeness (QED) is 0.379. The lowest BCUT2D eigenvalue weighted by Crippen LogP contribution is -1.98. The van der Waals surface area contributed by atoms with Gasteiger partial charge in [-0.2, -0.15) is 0 Å². The van der Waals surface area contributed by atoms with E-state index < -0.39 is 7.82 Å². The summed E-state index contributed by atoms with van der Waals surface area (Å²) in [7, 11) is -4.04. The number of hydrogen-bond acceptors (Lipinski definition) is 3. The number of unbranched alkanes of at least 4 members (excludes halogenated alkanes) is 6. The summed E-state index contributed by atoms with van der Waals surface area (Å²) in [5, 5.41) is 0. The molecule has 103 valence electrons. The Bertz CT molecular complexity index is 191. The lowest BCUT2D eigenvalue weighted by molar-refractivity contribution is 0.124. The largest absolute Gasteiger partial charge is 0.502 e. The maximum atomic E-state index is 11.3. The summed E-state index contributed by atoms with van der Waals surface area (Å²) >= 11 is 0. The predicted molar refractivity (Wildman–Crippen MR) is 68.5 cm³/mol. The van der Waals surface area contributed by atoms with Crippen LogP contribution in [0.15, 0.2) is 0 Å². The Kier molecular flexibility index (Phi) is 11.3. The molecule has 0 aromatic heterocycles. The second-order valence-electron chi connectivity index (χ2n) is 4.23. The van der Waals surface area contributed by atoms with Crippen molar-refractivity contribution in [1.29, 1.82) is 0 Å². The van der Waals surface area contributed by atoms with Gasteiger partial charge in [0.15, 0.2) is 0 Å². The van der Waals surface area contributed by atoms with E-state index in [1.165, 1.54) is 0 Å². The molecule has 1 radical (unpaired) electrons. The molecule has 0 spiro atoms. The van der Waals surface area contributed by atoms with Gasteiger partial charge in [0.2, 0.25) is 0 Å². The predicted octanol–water partition coefficient (Wildman–Crippen LogP) is 4.72. The van der Waals surface area contributed by atoms with Gasteiger partial charge < -0.3 is 0 Å². The van der Waals surface area contributed by atoms with E-state index in [0.717, 1.165) is 51.4 Å². The first-order valence-electron chi connectivity index (χ1n) is 6.72. The molecule has 0 rings (SSSR count). The zero-order valence-electron chi connectivity index (χ0n) is 11.2. The van der Waals surface area contributed by atoms with Crippen molar-refractivity contribution in [3.05, 3.63) is 0 Å². The van der Waals surface area contributed by atoms with E-state index in [0.29, 0.717) is 0 Å². The van der Waals surface area contributed by atoms with Gasteiger partial charge in [-0.25, -0.2) is 4.57 Å². The third-order valence-electron chi connectivity index (χ3n) is 2.49. The third kappa shape index (κ3) is 12.4. The number of rotatable bonds is 12. The molecule has 0 saturated carbocycles. The molecule has 0 heterocycles. The van der Waals surface area contributed by atoms with Gasteiger partial charge in [-0.1, -0.05) is 52.4 Å². The summed E-state index contributed by atoms with van der Waals surface area (Å²) < 4.78 is 20.8. The van der Waals surface area contributed by atoms with Gasteiger partial charge in [-0.3, -0.25) is 9.05 Å². The van der Waals surface area contributed by atoms with Gasteiger partial charge in [0.05, 0.1) is 13.2 Å². The first-order chi connectivity index (χ1) is 8.12. The summed E-state index contributed by atoms with van der Waals surface area (Å²) in [6.45, 7) is 4.71. The van der Waals surface area contributed by atoms with Crippen molar-refractivity contribution >= 4 is 7.82 Å². The molecule has 0 fully saturated rings. The average Bonchev–Trinajstić information content (AvgIpc) is 2.28. The van der Waals surface area contributed by atoms with Crippen LogP contribution in [0.4, 0.5) is 0 Å². The smallest absolute Gasteiger partial charge is 0.285 e. The first kappa shape index (κ1) is 17.1. The highest BCUT2D eigenvalue weighted by Crippen LogP contribution is 2.44. The van der Waals surface area contributed by atoms with Crippen LogP contribution in [-0.4, -0.2) is 13.2 Å². The molecule has 0 aromatic rings. The van der Waals surface area contributed by atoms with E-state index in [9.17, 15) is 9.46 Å². The molecule has 0 saturated heterocycles. The maximum Gasteiger partial charge on any atom is 0.502 e. The molecule has 0 aliphatic carbocycles. The molecular weight excluding hydrogens is 239 g/mol. The van der Waals surface area contributed by atoms with Crippen LogP contribution >= 0.6 is 7.82 Å². The van der Waals surface area contributed by atoms with E-state index >= 15 is 0 Å². The van der Waals surface area contributed by atoms with Gasteiger partial charge in [0.1, 0.15) is 0 Å². The molecular formula is C12H26O4P. The Hall–Kier alpha value is 0.110. The fraction of sp³-hybridized carbons (Fsp3) is 1.00. The maximum absolute atomic E-state index is 11.3. The van der Waals surface area contributed by atoms with Crippen molar-refractivity contribution in [1.82, 2.24) is 0 Å². The fourth-order valence-corrected chi connectivity index (χ4v) is 2.23. The normalized spacial score (nSPS) is 11.9. The minimum Gasteiger partial charge on any atom is -0.285 e. The number of hydrogen-bond donors (Lipinski definition) is 0. The molecule has 4 nitrogen and oxygen atoms in total.